The summed E-state index contributed by atoms with van der Waals surface area (Å²) < 4.78 is 13.8. The normalized spacial score (nSPS) is 10.5. The van der Waals surface area contributed by atoms with E-state index in [1.807, 2.05) is 23.6 Å². The molecule has 2 N–H and O–H groups in total. The quantitative estimate of drug-likeness (QED) is 0.508. The lowest BCUT2D eigenvalue weighted by Gasteiger charge is -2.01. The minimum atomic E-state index is -0.356. The lowest BCUT2D eigenvalue weighted by molar-refractivity contribution is 0.262. The molecule has 0 saturated carbocycles. The SMILES string of the molecule is O=C(Nc1cccs1)Nc1nnc(SCc2cccc(F)c2)s1. The maximum absolute atomic E-state index is 13.1. The average molecular weight is 366 g/mol. The molecule has 2 amide bonds. The molecule has 118 valence electrons. The second-order valence-electron chi connectivity index (χ2n) is 4.35. The van der Waals surface area contributed by atoms with Crippen LogP contribution in [0.1, 0.15) is 5.56 Å². The Hall–Kier alpha value is -1.97. The van der Waals surface area contributed by atoms with Gasteiger partial charge in [-0.05, 0) is 35.2 Å². The van der Waals surface area contributed by atoms with Crippen molar-refractivity contribution in [1.29, 1.82) is 0 Å². The number of hydrogen-bond donors (Lipinski definition) is 2. The summed E-state index contributed by atoms with van der Waals surface area (Å²) in [5.74, 6) is 0.335. The molecule has 0 unspecified atom stereocenters. The largest absolute Gasteiger partial charge is 0.326 e. The van der Waals surface area contributed by atoms with Gasteiger partial charge in [-0.1, -0.05) is 35.2 Å². The standard InChI is InChI=1S/C14H11FN4OS3/c15-10-4-1-3-9(7-10)8-22-14-19-18-13(23-14)17-12(20)16-11-5-2-6-21-11/h1-7H,8H2,(H2,16,17,18,20). The minimum Gasteiger partial charge on any atom is -0.299 e. The Morgan fingerprint density at radius 1 is 1.22 bits per heavy atom. The molecule has 2 aromatic heterocycles. The van der Waals surface area contributed by atoms with Crippen LogP contribution in [-0.2, 0) is 5.75 Å². The molecule has 0 atom stereocenters. The van der Waals surface area contributed by atoms with Gasteiger partial charge in [0.2, 0.25) is 5.13 Å². The maximum Gasteiger partial charge on any atom is 0.326 e. The second-order valence-corrected chi connectivity index (χ2v) is 7.50. The van der Waals surface area contributed by atoms with Crippen LogP contribution >= 0.6 is 34.4 Å². The van der Waals surface area contributed by atoms with Crippen molar-refractivity contribution in [2.45, 2.75) is 10.1 Å². The molecule has 0 radical (unpaired) electrons. The molecule has 1 aromatic carbocycles. The summed E-state index contributed by atoms with van der Waals surface area (Å²) in [4.78, 5) is 11.8. The number of benzene rings is 1. The van der Waals surface area contributed by atoms with Crippen molar-refractivity contribution in [3.63, 3.8) is 0 Å². The van der Waals surface area contributed by atoms with E-state index in [1.165, 1.54) is 46.6 Å². The highest BCUT2D eigenvalue weighted by molar-refractivity contribution is 8.00. The molecule has 3 aromatic rings. The Kier molecular flexibility index (Phi) is 5.21. The molecule has 2 heterocycles. The predicted molar refractivity (Wildman–Crippen MR) is 92.8 cm³/mol. The molecule has 9 heteroatoms. The Labute approximate surface area is 144 Å². The fraction of sp³-hybridized carbons (Fsp3) is 0.0714. The smallest absolute Gasteiger partial charge is 0.299 e. The number of carbonyl (C=O) groups excluding carboxylic acids is 1. The van der Waals surface area contributed by atoms with Gasteiger partial charge >= 0.3 is 6.03 Å². The van der Waals surface area contributed by atoms with E-state index in [0.717, 1.165) is 10.6 Å². The number of carbonyl (C=O) groups is 1. The van der Waals surface area contributed by atoms with Crippen LogP contribution in [0.5, 0.6) is 0 Å². The lowest BCUT2D eigenvalue weighted by atomic mass is 10.2. The Bertz CT molecular complexity index is 791. The number of rotatable bonds is 5. The number of hydrogen-bond acceptors (Lipinski definition) is 6. The number of aromatic nitrogens is 2. The van der Waals surface area contributed by atoms with E-state index in [1.54, 1.807) is 6.07 Å². The monoisotopic (exact) mass is 366 g/mol. The molecule has 3 rings (SSSR count). The van der Waals surface area contributed by atoms with Crippen molar-refractivity contribution in [1.82, 2.24) is 10.2 Å². The zero-order valence-corrected chi connectivity index (χ0v) is 14.1. The van der Waals surface area contributed by atoms with E-state index in [4.69, 9.17) is 0 Å². The summed E-state index contributed by atoms with van der Waals surface area (Å²) in [6, 6.07) is 9.73. The van der Waals surface area contributed by atoms with E-state index in [-0.39, 0.29) is 11.8 Å². The Balaban J connectivity index is 1.52. The van der Waals surface area contributed by atoms with Crippen LogP contribution in [0.3, 0.4) is 0 Å². The van der Waals surface area contributed by atoms with E-state index >= 15 is 0 Å². The molecule has 0 spiro atoms. The number of thiophene rings is 1. The van der Waals surface area contributed by atoms with E-state index in [2.05, 4.69) is 20.8 Å². The van der Waals surface area contributed by atoms with Gasteiger partial charge in [-0.3, -0.25) is 10.6 Å². The van der Waals surface area contributed by atoms with Crippen LogP contribution < -0.4 is 10.6 Å². The second kappa shape index (κ2) is 7.53. The van der Waals surface area contributed by atoms with Gasteiger partial charge in [0.05, 0.1) is 5.00 Å². The summed E-state index contributed by atoms with van der Waals surface area (Å²) >= 11 is 4.15. The maximum atomic E-state index is 13.1. The van der Waals surface area contributed by atoms with Gasteiger partial charge in [-0.25, -0.2) is 9.18 Å². The fourth-order valence-corrected chi connectivity index (χ4v) is 3.98. The molecule has 0 aliphatic heterocycles. The minimum absolute atomic E-state index is 0.257. The third kappa shape index (κ3) is 4.75. The van der Waals surface area contributed by atoms with Crippen LogP contribution in [0.2, 0.25) is 0 Å². The first-order valence-electron chi connectivity index (χ1n) is 6.51. The van der Waals surface area contributed by atoms with Gasteiger partial charge in [-0.15, -0.1) is 21.5 Å². The van der Waals surface area contributed by atoms with Crippen LogP contribution in [0.25, 0.3) is 0 Å². The van der Waals surface area contributed by atoms with E-state index < -0.39 is 0 Å². The first kappa shape index (κ1) is 15.9. The Morgan fingerprint density at radius 2 is 2.13 bits per heavy atom. The summed E-state index contributed by atoms with van der Waals surface area (Å²) in [6.45, 7) is 0. The highest BCUT2D eigenvalue weighted by Crippen LogP contribution is 2.28. The lowest BCUT2D eigenvalue weighted by Crippen LogP contribution is -2.18. The molecular weight excluding hydrogens is 355 g/mol. The van der Waals surface area contributed by atoms with Gasteiger partial charge in [0.15, 0.2) is 4.34 Å². The Morgan fingerprint density at radius 3 is 2.91 bits per heavy atom. The van der Waals surface area contributed by atoms with Crippen molar-refractivity contribution in [2.24, 2.45) is 0 Å². The van der Waals surface area contributed by atoms with E-state index in [9.17, 15) is 9.18 Å². The number of anilines is 2. The zero-order chi connectivity index (χ0) is 16.1. The molecule has 23 heavy (non-hydrogen) atoms. The molecular formula is C14H11FN4OS3. The van der Waals surface area contributed by atoms with Crippen molar-refractivity contribution in [3.05, 3.63) is 53.2 Å². The predicted octanol–water partition coefficient (Wildman–Crippen LogP) is 4.68. The molecule has 0 fully saturated rings. The highest BCUT2D eigenvalue weighted by Gasteiger charge is 2.09. The average Bonchev–Trinajstić information content (AvgIpc) is 3.17. The molecule has 0 bridgehead atoms. The van der Waals surface area contributed by atoms with Crippen LogP contribution in [0, 0.1) is 5.82 Å². The van der Waals surface area contributed by atoms with Gasteiger partial charge in [0, 0.05) is 5.75 Å². The summed E-state index contributed by atoms with van der Waals surface area (Å²) in [7, 11) is 0. The number of halogens is 1. The van der Waals surface area contributed by atoms with Crippen molar-refractivity contribution >= 4 is 50.6 Å². The molecule has 5 nitrogen and oxygen atoms in total. The van der Waals surface area contributed by atoms with Crippen molar-refractivity contribution in [2.75, 3.05) is 10.6 Å². The van der Waals surface area contributed by atoms with Gasteiger partial charge in [-0.2, -0.15) is 0 Å². The van der Waals surface area contributed by atoms with Crippen LogP contribution in [-0.4, -0.2) is 16.2 Å². The first-order chi connectivity index (χ1) is 11.2. The number of nitrogens with zero attached hydrogens (tertiary/aromatic N) is 2. The topological polar surface area (TPSA) is 66.9 Å². The molecule has 0 aliphatic rings. The van der Waals surface area contributed by atoms with Crippen molar-refractivity contribution in [3.8, 4) is 0 Å². The first-order valence-corrected chi connectivity index (χ1v) is 9.19. The number of thioether (sulfide) groups is 1. The molecule has 0 aliphatic carbocycles. The summed E-state index contributed by atoms with van der Waals surface area (Å²) in [5, 5.41) is 16.3. The van der Waals surface area contributed by atoms with Gasteiger partial charge < -0.3 is 0 Å². The summed E-state index contributed by atoms with van der Waals surface area (Å²) in [6.07, 6.45) is 0. The van der Waals surface area contributed by atoms with Gasteiger partial charge in [0.1, 0.15) is 5.82 Å². The van der Waals surface area contributed by atoms with E-state index in [0.29, 0.717) is 15.2 Å². The molecule has 0 saturated heterocycles. The highest BCUT2D eigenvalue weighted by atomic mass is 32.2. The summed E-state index contributed by atoms with van der Waals surface area (Å²) in [5.41, 5.74) is 0.871. The number of nitrogens with one attached hydrogen (secondary N) is 2. The zero-order valence-electron chi connectivity index (χ0n) is 11.7. The fourth-order valence-electron chi connectivity index (χ4n) is 1.68. The van der Waals surface area contributed by atoms with Crippen LogP contribution in [0.4, 0.5) is 19.3 Å². The third-order valence-electron chi connectivity index (χ3n) is 2.64. The number of amides is 2. The number of urea groups is 1. The van der Waals surface area contributed by atoms with Gasteiger partial charge in [0.25, 0.3) is 0 Å². The van der Waals surface area contributed by atoms with Crippen molar-refractivity contribution < 1.29 is 9.18 Å². The van der Waals surface area contributed by atoms with Crippen LogP contribution in [0.15, 0.2) is 46.1 Å². The third-order valence-corrected chi connectivity index (χ3v) is 5.46.